The normalized spacial score (nSPS) is 13.0. The molecule has 0 atom stereocenters. The van der Waals surface area contributed by atoms with Gasteiger partial charge in [0.2, 0.25) is 0 Å². The molecule has 0 aliphatic rings. The molecule has 1 heteroatoms. The lowest BCUT2D eigenvalue weighted by atomic mass is 9.93. The smallest absolute Gasteiger partial charge is 0.0645 e. The van der Waals surface area contributed by atoms with E-state index in [0.29, 0.717) is 16.8 Å². The molecule has 0 saturated carbocycles. The third-order valence-corrected chi connectivity index (χ3v) is 12.6. The lowest BCUT2D eigenvalue weighted by molar-refractivity contribution is 1.28. The SMILES string of the molecule is [2H]c1c([2H])c(N(c2ccc(-c3ccc4c(ccc5ccccc54)c3)cc2)c2c([2H])c([2H])c(-c3cccc(-c4cccc5ccccc45)c3)c([2H])c2[2H])c([2H])c([2H])c1-c1cc(-c2ccccc2)cc(-c2ccccc2)c1. The van der Waals surface area contributed by atoms with Crippen LogP contribution in [0, 0.1) is 0 Å². The highest BCUT2D eigenvalue weighted by atomic mass is 15.1. The van der Waals surface area contributed by atoms with Crippen molar-refractivity contribution >= 4 is 49.4 Å². The Labute approximate surface area is 403 Å². The lowest BCUT2D eigenvalue weighted by Gasteiger charge is -2.26. The van der Waals surface area contributed by atoms with Crippen molar-refractivity contribution in [3.63, 3.8) is 0 Å². The Bertz CT molecular complexity index is 4090. The van der Waals surface area contributed by atoms with E-state index in [1.807, 2.05) is 158 Å². The predicted molar refractivity (Wildman–Crippen MR) is 286 cm³/mol. The van der Waals surface area contributed by atoms with Crippen molar-refractivity contribution in [1.29, 1.82) is 0 Å². The first kappa shape index (κ1) is 32.0. The van der Waals surface area contributed by atoms with Gasteiger partial charge in [-0.3, -0.25) is 0 Å². The van der Waals surface area contributed by atoms with Crippen molar-refractivity contribution in [2.45, 2.75) is 0 Å². The van der Waals surface area contributed by atoms with Crippen LogP contribution in [0.3, 0.4) is 0 Å². The van der Waals surface area contributed by atoms with Gasteiger partial charge in [-0.25, -0.2) is 0 Å². The summed E-state index contributed by atoms with van der Waals surface area (Å²) in [6.45, 7) is 0. The minimum Gasteiger partial charge on any atom is -0.311 e. The zero-order chi connectivity index (χ0) is 51.5. The van der Waals surface area contributed by atoms with Gasteiger partial charge in [-0.2, -0.15) is 0 Å². The molecule has 314 valence electrons. The second-order valence-electron chi connectivity index (χ2n) is 16.7. The number of rotatable bonds is 9. The fourth-order valence-electron chi connectivity index (χ4n) is 9.18. The van der Waals surface area contributed by atoms with E-state index >= 15 is 0 Å². The molecule has 0 aliphatic carbocycles. The van der Waals surface area contributed by atoms with Gasteiger partial charge in [-0.1, -0.05) is 206 Å². The fraction of sp³-hybridized carbons (Fsp3) is 0. The second kappa shape index (κ2) is 17.3. The summed E-state index contributed by atoms with van der Waals surface area (Å²) in [7, 11) is 0. The van der Waals surface area contributed by atoms with Gasteiger partial charge in [0.1, 0.15) is 0 Å². The van der Waals surface area contributed by atoms with Crippen LogP contribution >= 0.6 is 0 Å². The molecule has 0 fully saturated rings. The highest BCUT2D eigenvalue weighted by Gasteiger charge is 2.16. The molecular weight excluding hydrogens is 807 g/mol. The summed E-state index contributed by atoms with van der Waals surface area (Å²) in [5, 5.41) is 6.60. The van der Waals surface area contributed by atoms with Crippen molar-refractivity contribution in [2.24, 2.45) is 0 Å². The van der Waals surface area contributed by atoms with E-state index in [4.69, 9.17) is 0 Å². The van der Waals surface area contributed by atoms with Gasteiger partial charge in [0.25, 0.3) is 0 Å². The maximum atomic E-state index is 9.84. The van der Waals surface area contributed by atoms with E-state index in [2.05, 4.69) is 48.5 Å². The van der Waals surface area contributed by atoms with Crippen LogP contribution in [0.5, 0.6) is 0 Å². The minimum atomic E-state index is -0.410. The zero-order valence-electron chi connectivity index (χ0n) is 44.3. The Morgan fingerprint density at radius 1 is 0.224 bits per heavy atom. The Balaban J connectivity index is 1.04. The van der Waals surface area contributed by atoms with Crippen molar-refractivity contribution in [3.8, 4) is 66.8 Å². The number of benzene rings is 12. The third kappa shape index (κ3) is 7.84. The Morgan fingerprint density at radius 3 is 1.30 bits per heavy atom. The van der Waals surface area contributed by atoms with Gasteiger partial charge in [-0.05, 0) is 166 Å². The summed E-state index contributed by atoms with van der Waals surface area (Å²) in [5.74, 6) is 0. The Kier molecular flexibility index (Phi) is 8.26. The van der Waals surface area contributed by atoms with Crippen LogP contribution in [-0.2, 0) is 0 Å². The third-order valence-electron chi connectivity index (χ3n) is 12.6. The highest BCUT2D eigenvalue weighted by molar-refractivity contribution is 6.08. The molecule has 67 heavy (non-hydrogen) atoms. The molecular formula is C66H45N. The van der Waals surface area contributed by atoms with Crippen LogP contribution in [0.25, 0.3) is 99.1 Å². The van der Waals surface area contributed by atoms with Crippen LogP contribution in [-0.4, -0.2) is 0 Å². The number of anilines is 3. The van der Waals surface area contributed by atoms with Gasteiger partial charge >= 0.3 is 0 Å². The molecule has 0 N–H and O–H groups in total. The molecule has 0 heterocycles. The molecule has 0 aromatic heterocycles. The summed E-state index contributed by atoms with van der Waals surface area (Å²) >= 11 is 0. The molecule has 12 rings (SSSR count). The summed E-state index contributed by atoms with van der Waals surface area (Å²) in [6, 6.07) is 70.2. The average Bonchev–Trinajstić information content (AvgIpc) is 3.47. The largest absolute Gasteiger partial charge is 0.311 e. The predicted octanol–water partition coefficient (Wildman–Crippen LogP) is 18.6. The molecule has 0 bridgehead atoms. The lowest BCUT2D eigenvalue weighted by Crippen LogP contribution is -2.09. The number of fused-ring (bicyclic) bond motifs is 4. The van der Waals surface area contributed by atoms with E-state index in [0.717, 1.165) is 76.8 Å². The van der Waals surface area contributed by atoms with E-state index < -0.39 is 24.2 Å². The molecule has 0 radical (unpaired) electrons. The van der Waals surface area contributed by atoms with E-state index in [9.17, 15) is 11.0 Å². The maximum Gasteiger partial charge on any atom is 0.0645 e. The Hall–Kier alpha value is -8.78. The first-order valence-corrected chi connectivity index (χ1v) is 22.4. The minimum absolute atomic E-state index is 0.0871. The van der Waals surface area contributed by atoms with Gasteiger partial charge < -0.3 is 4.90 Å². The average molecular weight is 860 g/mol. The summed E-state index contributed by atoms with van der Waals surface area (Å²) < 4.78 is 78.0. The van der Waals surface area contributed by atoms with E-state index in [-0.39, 0.29) is 46.7 Å². The maximum absolute atomic E-state index is 9.84. The molecule has 0 spiro atoms. The fourth-order valence-corrected chi connectivity index (χ4v) is 9.18. The first-order valence-electron chi connectivity index (χ1n) is 26.4. The van der Waals surface area contributed by atoms with Gasteiger partial charge in [0.05, 0.1) is 11.0 Å². The van der Waals surface area contributed by atoms with Gasteiger partial charge in [0, 0.05) is 17.1 Å². The second-order valence-corrected chi connectivity index (χ2v) is 16.7. The van der Waals surface area contributed by atoms with Crippen molar-refractivity contribution in [3.05, 3.63) is 273 Å². The van der Waals surface area contributed by atoms with Crippen LogP contribution in [0.15, 0.2) is 273 Å². The molecule has 12 aromatic rings. The van der Waals surface area contributed by atoms with E-state index in [1.54, 1.807) is 18.2 Å². The standard InChI is InChI=1S/C66H45N/c1-3-13-46(14-4-1)57-43-58(47-15-5-2-6-16-47)45-59(44-57)50-31-38-62(39-32-50)67(61-36-29-49(30-37-61)54-33-40-66-56(42-54)26-25-52-18-8-10-23-64(52)66)60-34-27-48(28-35-60)53-20-11-21-55(41-53)65-24-12-19-51-17-7-9-22-63(51)65/h1-45H/i27D,28D,31D,32D,34D,35D,38D,39D. The number of nitrogens with zero attached hydrogens (tertiary/aromatic N) is 1. The van der Waals surface area contributed by atoms with Crippen LogP contribution in [0.2, 0.25) is 0 Å². The summed E-state index contributed by atoms with van der Waals surface area (Å²) in [6.07, 6.45) is 0. The number of hydrogen-bond donors (Lipinski definition) is 0. The highest BCUT2D eigenvalue weighted by Crippen LogP contribution is 2.40. The van der Waals surface area contributed by atoms with Crippen LogP contribution < -0.4 is 4.90 Å². The van der Waals surface area contributed by atoms with Gasteiger partial charge in [0.15, 0.2) is 0 Å². The first-order chi connectivity index (χ1) is 36.5. The topological polar surface area (TPSA) is 3.24 Å². The zero-order valence-corrected chi connectivity index (χ0v) is 36.3. The molecule has 12 aromatic carbocycles. The molecule has 0 amide bonds. The molecule has 0 aliphatic heterocycles. The van der Waals surface area contributed by atoms with Crippen molar-refractivity contribution < 1.29 is 11.0 Å². The molecule has 0 saturated heterocycles. The molecule has 1 nitrogen and oxygen atoms in total. The summed E-state index contributed by atoms with van der Waals surface area (Å²) in [5.41, 5.74) is 8.17. The van der Waals surface area contributed by atoms with Crippen LogP contribution in [0.1, 0.15) is 11.0 Å². The quantitative estimate of drug-likeness (QED) is 0.131. The van der Waals surface area contributed by atoms with Crippen molar-refractivity contribution in [2.75, 3.05) is 4.90 Å². The van der Waals surface area contributed by atoms with E-state index in [1.165, 1.54) is 4.90 Å². The van der Waals surface area contributed by atoms with Gasteiger partial charge in [-0.15, -0.1) is 0 Å². The monoisotopic (exact) mass is 859 g/mol. The van der Waals surface area contributed by atoms with Crippen molar-refractivity contribution in [1.82, 2.24) is 0 Å². The summed E-state index contributed by atoms with van der Waals surface area (Å²) in [4.78, 5) is 1.37. The van der Waals surface area contributed by atoms with Crippen LogP contribution in [0.4, 0.5) is 17.1 Å². The number of hydrogen-bond acceptors (Lipinski definition) is 1. The Morgan fingerprint density at radius 2 is 0.642 bits per heavy atom. The molecule has 0 unspecified atom stereocenters.